The van der Waals surface area contributed by atoms with Crippen LogP contribution in [0.1, 0.15) is 18.5 Å². The fraction of sp³-hybridized carbons (Fsp3) is 0.400. The molecule has 1 unspecified atom stereocenters. The van der Waals surface area contributed by atoms with E-state index in [1.54, 1.807) is 0 Å². The van der Waals surface area contributed by atoms with E-state index in [-0.39, 0.29) is 0 Å². The summed E-state index contributed by atoms with van der Waals surface area (Å²) in [6.45, 7) is 2.15. The third-order valence-electron chi connectivity index (χ3n) is 1.82. The SMILES string of the molecule is CC(NN(C)C)c1ccc(I)cc1. The smallest absolute Gasteiger partial charge is 0.0436 e. The first-order chi connectivity index (χ1) is 6.09. The summed E-state index contributed by atoms with van der Waals surface area (Å²) in [5.74, 6) is 0. The molecule has 13 heavy (non-hydrogen) atoms. The molecule has 1 aromatic rings. The zero-order chi connectivity index (χ0) is 9.84. The monoisotopic (exact) mass is 290 g/mol. The average molecular weight is 290 g/mol. The number of rotatable bonds is 3. The predicted octanol–water partition coefficient (Wildman–Crippen LogP) is 2.42. The summed E-state index contributed by atoms with van der Waals surface area (Å²) in [6.07, 6.45) is 0. The molecule has 0 fully saturated rings. The summed E-state index contributed by atoms with van der Waals surface area (Å²) in [4.78, 5) is 0. The predicted molar refractivity (Wildman–Crippen MR) is 64.4 cm³/mol. The molecule has 1 rings (SSSR count). The van der Waals surface area contributed by atoms with Crippen molar-refractivity contribution in [2.45, 2.75) is 13.0 Å². The van der Waals surface area contributed by atoms with Crippen molar-refractivity contribution in [3.8, 4) is 0 Å². The minimum atomic E-state index is 0.368. The summed E-state index contributed by atoms with van der Waals surface area (Å²) in [5.41, 5.74) is 4.62. The minimum absolute atomic E-state index is 0.368. The molecule has 1 atom stereocenters. The van der Waals surface area contributed by atoms with Crippen LogP contribution in [0.3, 0.4) is 0 Å². The van der Waals surface area contributed by atoms with E-state index in [1.165, 1.54) is 9.13 Å². The summed E-state index contributed by atoms with van der Waals surface area (Å²) < 4.78 is 1.28. The van der Waals surface area contributed by atoms with Gasteiger partial charge in [0.2, 0.25) is 0 Å². The van der Waals surface area contributed by atoms with Gasteiger partial charge in [0.25, 0.3) is 0 Å². The van der Waals surface area contributed by atoms with Crippen molar-refractivity contribution >= 4 is 22.6 Å². The van der Waals surface area contributed by atoms with Crippen molar-refractivity contribution in [2.24, 2.45) is 0 Å². The Morgan fingerprint density at radius 3 is 2.23 bits per heavy atom. The van der Waals surface area contributed by atoms with E-state index >= 15 is 0 Å². The summed E-state index contributed by atoms with van der Waals surface area (Å²) in [6, 6.07) is 8.94. The fourth-order valence-corrected chi connectivity index (χ4v) is 1.57. The average Bonchev–Trinajstić information content (AvgIpc) is 2.04. The van der Waals surface area contributed by atoms with Gasteiger partial charge in [-0.15, -0.1) is 0 Å². The molecule has 72 valence electrons. The number of benzene rings is 1. The van der Waals surface area contributed by atoms with Crippen LogP contribution in [0, 0.1) is 3.57 Å². The second kappa shape index (κ2) is 4.93. The molecule has 2 nitrogen and oxygen atoms in total. The third-order valence-corrected chi connectivity index (χ3v) is 2.54. The first kappa shape index (κ1) is 10.9. The molecule has 0 aliphatic carbocycles. The van der Waals surface area contributed by atoms with Gasteiger partial charge in [0.1, 0.15) is 0 Å². The maximum absolute atomic E-state index is 3.31. The lowest BCUT2D eigenvalue weighted by Crippen LogP contribution is -2.32. The summed E-state index contributed by atoms with van der Waals surface area (Å²) in [7, 11) is 4.01. The number of hydrazine groups is 1. The number of hydrogen-bond donors (Lipinski definition) is 1. The molecule has 3 heteroatoms. The lowest BCUT2D eigenvalue weighted by atomic mass is 10.1. The molecular weight excluding hydrogens is 275 g/mol. The molecule has 0 aliphatic rings. The molecule has 0 saturated carbocycles. The van der Waals surface area contributed by atoms with E-state index in [9.17, 15) is 0 Å². The van der Waals surface area contributed by atoms with Gasteiger partial charge in [-0.05, 0) is 47.2 Å². The highest BCUT2D eigenvalue weighted by Crippen LogP contribution is 2.14. The molecule has 0 radical (unpaired) electrons. The number of halogens is 1. The van der Waals surface area contributed by atoms with Crippen molar-refractivity contribution in [2.75, 3.05) is 14.1 Å². The van der Waals surface area contributed by atoms with Crippen molar-refractivity contribution in [1.29, 1.82) is 0 Å². The summed E-state index contributed by atoms with van der Waals surface area (Å²) >= 11 is 2.31. The third kappa shape index (κ3) is 3.62. The van der Waals surface area contributed by atoms with Gasteiger partial charge in [-0.2, -0.15) is 0 Å². The fourth-order valence-electron chi connectivity index (χ4n) is 1.21. The van der Waals surface area contributed by atoms with Gasteiger partial charge in [0, 0.05) is 23.7 Å². The van der Waals surface area contributed by atoms with Crippen LogP contribution >= 0.6 is 22.6 Å². The van der Waals surface area contributed by atoms with Gasteiger partial charge in [-0.3, -0.25) is 5.01 Å². The van der Waals surface area contributed by atoms with Crippen LogP contribution in [0.2, 0.25) is 0 Å². The maximum atomic E-state index is 3.31. The topological polar surface area (TPSA) is 15.3 Å². The molecule has 0 saturated heterocycles. The lowest BCUT2D eigenvalue weighted by molar-refractivity contribution is 0.252. The van der Waals surface area contributed by atoms with Crippen molar-refractivity contribution in [3.05, 3.63) is 33.4 Å². The lowest BCUT2D eigenvalue weighted by Gasteiger charge is -2.19. The van der Waals surface area contributed by atoms with E-state index < -0.39 is 0 Å². The van der Waals surface area contributed by atoms with Gasteiger partial charge >= 0.3 is 0 Å². The van der Waals surface area contributed by atoms with E-state index in [4.69, 9.17) is 0 Å². The molecule has 0 aromatic heterocycles. The molecule has 0 spiro atoms. The second-order valence-electron chi connectivity index (χ2n) is 3.30. The molecule has 1 N–H and O–H groups in total. The van der Waals surface area contributed by atoms with Gasteiger partial charge in [-0.25, -0.2) is 5.43 Å². The second-order valence-corrected chi connectivity index (χ2v) is 4.54. The normalized spacial score (nSPS) is 13.3. The highest BCUT2D eigenvalue weighted by Gasteiger charge is 2.04. The molecule has 0 aliphatic heterocycles. The van der Waals surface area contributed by atoms with E-state index in [0.29, 0.717) is 6.04 Å². The zero-order valence-electron chi connectivity index (χ0n) is 8.21. The van der Waals surface area contributed by atoms with Crippen molar-refractivity contribution in [3.63, 3.8) is 0 Å². The van der Waals surface area contributed by atoms with Crippen LogP contribution < -0.4 is 5.43 Å². The van der Waals surface area contributed by atoms with E-state index in [0.717, 1.165) is 0 Å². The van der Waals surface area contributed by atoms with Crippen LogP contribution in [0.25, 0.3) is 0 Å². The van der Waals surface area contributed by atoms with Gasteiger partial charge < -0.3 is 0 Å². The first-order valence-electron chi connectivity index (χ1n) is 4.28. The number of hydrogen-bond acceptors (Lipinski definition) is 2. The Bertz CT molecular complexity index is 256. The molecule has 0 amide bonds. The Morgan fingerprint density at radius 1 is 1.23 bits per heavy atom. The van der Waals surface area contributed by atoms with Gasteiger partial charge in [0.15, 0.2) is 0 Å². The van der Waals surface area contributed by atoms with Crippen LogP contribution in [-0.4, -0.2) is 19.1 Å². The molecule has 0 bridgehead atoms. The van der Waals surface area contributed by atoms with Crippen molar-refractivity contribution in [1.82, 2.24) is 10.4 Å². The molecular formula is C10H15IN2. The summed E-state index contributed by atoms with van der Waals surface area (Å²) in [5, 5.41) is 1.97. The Kier molecular flexibility index (Phi) is 4.15. The number of nitrogens with one attached hydrogen (secondary N) is 1. The van der Waals surface area contributed by atoms with Gasteiger partial charge in [0.05, 0.1) is 0 Å². The van der Waals surface area contributed by atoms with Crippen molar-refractivity contribution < 1.29 is 0 Å². The van der Waals surface area contributed by atoms with Crippen LogP contribution in [-0.2, 0) is 0 Å². The van der Waals surface area contributed by atoms with Gasteiger partial charge in [-0.1, -0.05) is 12.1 Å². The van der Waals surface area contributed by atoms with Crippen LogP contribution in [0.15, 0.2) is 24.3 Å². The maximum Gasteiger partial charge on any atom is 0.0436 e. The Morgan fingerprint density at radius 2 is 1.77 bits per heavy atom. The van der Waals surface area contributed by atoms with E-state index in [2.05, 4.69) is 59.2 Å². The number of nitrogens with zero attached hydrogens (tertiary/aromatic N) is 1. The largest absolute Gasteiger partial charge is 0.250 e. The van der Waals surface area contributed by atoms with E-state index in [1.807, 2.05) is 19.1 Å². The van der Waals surface area contributed by atoms with Crippen LogP contribution in [0.4, 0.5) is 0 Å². The Hall–Kier alpha value is -0.130. The highest BCUT2D eigenvalue weighted by molar-refractivity contribution is 14.1. The Balaban J connectivity index is 2.66. The minimum Gasteiger partial charge on any atom is -0.250 e. The molecule has 1 aromatic carbocycles. The molecule has 0 heterocycles. The quantitative estimate of drug-likeness (QED) is 0.679. The standard InChI is InChI=1S/C10H15IN2/c1-8(12-13(2)3)9-4-6-10(11)7-5-9/h4-8,12H,1-3H3. The Labute approximate surface area is 93.4 Å². The zero-order valence-corrected chi connectivity index (χ0v) is 10.4. The van der Waals surface area contributed by atoms with Crippen LogP contribution in [0.5, 0.6) is 0 Å². The first-order valence-corrected chi connectivity index (χ1v) is 5.36. The highest BCUT2D eigenvalue weighted by atomic mass is 127.